The zero-order chi connectivity index (χ0) is 17.5. The minimum absolute atomic E-state index is 0.0146. The fourth-order valence-corrected chi connectivity index (χ4v) is 4.83. The first-order chi connectivity index (χ1) is 11.3. The van der Waals surface area contributed by atoms with Crippen molar-refractivity contribution in [2.75, 3.05) is 30.0 Å². The van der Waals surface area contributed by atoms with Crippen molar-refractivity contribution in [1.82, 2.24) is 4.90 Å². The highest BCUT2D eigenvalue weighted by Crippen LogP contribution is 2.33. The topological polar surface area (TPSA) is 84.0 Å². The number of para-hydroxylation sites is 2. The third-order valence-corrected chi connectivity index (χ3v) is 6.27. The van der Waals surface area contributed by atoms with Gasteiger partial charge in [0.05, 0.1) is 17.2 Å². The van der Waals surface area contributed by atoms with Gasteiger partial charge in [-0.2, -0.15) is 0 Å². The maximum atomic E-state index is 12.6. The van der Waals surface area contributed by atoms with Gasteiger partial charge in [0.1, 0.15) is 12.3 Å². The lowest BCUT2D eigenvalue weighted by atomic mass is 10.1. The van der Waals surface area contributed by atoms with Gasteiger partial charge in [-0.3, -0.25) is 14.5 Å². The maximum absolute atomic E-state index is 12.6. The summed E-state index contributed by atoms with van der Waals surface area (Å²) in [6.07, 6.45) is -0.223. The van der Waals surface area contributed by atoms with E-state index in [0.29, 0.717) is 17.9 Å². The number of amides is 2. The van der Waals surface area contributed by atoms with Crippen LogP contribution in [-0.2, 0) is 19.4 Å². The Kier molecular flexibility index (Phi) is 4.25. The van der Waals surface area contributed by atoms with Crippen LogP contribution in [0.5, 0.6) is 5.75 Å². The number of fused-ring (bicyclic) bond motifs is 1. The van der Waals surface area contributed by atoms with Gasteiger partial charge in [-0.1, -0.05) is 12.1 Å². The highest BCUT2D eigenvalue weighted by Gasteiger charge is 2.36. The van der Waals surface area contributed by atoms with Crippen molar-refractivity contribution in [2.45, 2.75) is 25.5 Å². The fraction of sp³-hybridized carbons (Fsp3) is 0.500. The quantitative estimate of drug-likeness (QED) is 0.788. The molecule has 130 valence electrons. The lowest BCUT2D eigenvalue weighted by molar-refractivity contribution is -0.133. The molecule has 0 aromatic heterocycles. The van der Waals surface area contributed by atoms with Crippen molar-refractivity contribution >= 4 is 27.3 Å². The number of nitrogens with zero attached hydrogens (tertiary/aromatic N) is 2. The molecule has 0 aliphatic carbocycles. The molecule has 0 spiro atoms. The smallest absolute Gasteiger partial charge is 0.268 e. The molecule has 7 nitrogen and oxygen atoms in total. The Morgan fingerprint density at radius 3 is 2.75 bits per heavy atom. The van der Waals surface area contributed by atoms with Crippen LogP contribution in [0.1, 0.15) is 13.3 Å². The molecule has 2 atom stereocenters. The van der Waals surface area contributed by atoms with E-state index < -0.39 is 15.9 Å². The van der Waals surface area contributed by atoms with Crippen LogP contribution in [0.25, 0.3) is 0 Å². The lowest BCUT2D eigenvalue weighted by Crippen LogP contribution is -2.50. The summed E-state index contributed by atoms with van der Waals surface area (Å²) >= 11 is 0. The zero-order valence-corrected chi connectivity index (χ0v) is 14.5. The number of benzene rings is 1. The van der Waals surface area contributed by atoms with Gasteiger partial charge in [-0.15, -0.1) is 0 Å². The van der Waals surface area contributed by atoms with Crippen molar-refractivity contribution < 1.29 is 22.7 Å². The molecule has 2 heterocycles. The monoisotopic (exact) mass is 352 g/mol. The number of likely N-dealkylation sites (N-methyl/N-ethyl adjacent to an activating group) is 1. The zero-order valence-electron chi connectivity index (χ0n) is 13.6. The molecule has 3 rings (SSSR count). The van der Waals surface area contributed by atoms with Crippen molar-refractivity contribution in [3.05, 3.63) is 24.3 Å². The molecule has 1 aromatic rings. The summed E-state index contributed by atoms with van der Waals surface area (Å²) in [4.78, 5) is 27.8. The summed E-state index contributed by atoms with van der Waals surface area (Å²) in [6, 6.07) is 6.73. The van der Waals surface area contributed by atoms with Crippen molar-refractivity contribution in [3.63, 3.8) is 0 Å². The molecule has 1 fully saturated rings. The number of rotatable bonds is 3. The molecule has 0 saturated carbocycles. The summed E-state index contributed by atoms with van der Waals surface area (Å²) < 4.78 is 28.7. The van der Waals surface area contributed by atoms with E-state index in [2.05, 4.69) is 0 Å². The molecule has 8 heteroatoms. The average Bonchev–Trinajstić information content (AvgIpc) is 2.90. The van der Waals surface area contributed by atoms with E-state index in [0.717, 1.165) is 0 Å². The Labute approximate surface area is 141 Å². The van der Waals surface area contributed by atoms with Gasteiger partial charge < -0.3 is 9.64 Å². The molecule has 24 heavy (non-hydrogen) atoms. The van der Waals surface area contributed by atoms with Crippen molar-refractivity contribution in [1.29, 1.82) is 0 Å². The number of carbonyl (C=O) groups excluding carboxylic acids is 2. The minimum Gasteiger partial charge on any atom is -0.479 e. The Balaban J connectivity index is 1.77. The van der Waals surface area contributed by atoms with E-state index >= 15 is 0 Å². The summed E-state index contributed by atoms with van der Waals surface area (Å²) in [6.45, 7) is 1.51. The third kappa shape index (κ3) is 3.10. The molecule has 2 aliphatic rings. The maximum Gasteiger partial charge on any atom is 0.268 e. The summed E-state index contributed by atoms with van der Waals surface area (Å²) in [7, 11) is -1.48. The minimum atomic E-state index is -3.07. The van der Waals surface area contributed by atoms with Crippen molar-refractivity contribution in [2.24, 2.45) is 0 Å². The predicted octanol–water partition coefficient (Wildman–Crippen LogP) is 0.446. The van der Waals surface area contributed by atoms with E-state index in [1.807, 2.05) is 0 Å². The fourth-order valence-electron chi connectivity index (χ4n) is 3.05. The van der Waals surface area contributed by atoms with Gasteiger partial charge in [0, 0.05) is 13.1 Å². The van der Waals surface area contributed by atoms with Crippen LogP contribution in [0.2, 0.25) is 0 Å². The van der Waals surface area contributed by atoms with Crippen LogP contribution >= 0.6 is 0 Å². The molecule has 0 unspecified atom stereocenters. The van der Waals surface area contributed by atoms with Gasteiger partial charge in [-0.25, -0.2) is 8.42 Å². The normalized spacial score (nSPS) is 25.1. The van der Waals surface area contributed by atoms with Gasteiger partial charge in [0.2, 0.25) is 5.91 Å². The largest absolute Gasteiger partial charge is 0.479 e. The van der Waals surface area contributed by atoms with Crippen LogP contribution in [0.4, 0.5) is 5.69 Å². The summed E-state index contributed by atoms with van der Waals surface area (Å²) in [5.74, 6) is 0.0811. The van der Waals surface area contributed by atoms with Crippen LogP contribution in [0.3, 0.4) is 0 Å². The second-order valence-electron chi connectivity index (χ2n) is 6.21. The van der Waals surface area contributed by atoms with Gasteiger partial charge in [-0.05, 0) is 25.5 Å². The first kappa shape index (κ1) is 16.8. The predicted molar refractivity (Wildman–Crippen MR) is 88.7 cm³/mol. The number of carbonyl (C=O) groups is 2. The van der Waals surface area contributed by atoms with Crippen LogP contribution in [0.15, 0.2) is 24.3 Å². The third-order valence-electron chi connectivity index (χ3n) is 4.52. The Bertz CT molecular complexity index is 776. The number of anilines is 1. The first-order valence-electron chi connectivity index (χ1n) is 7.81. The Morgan fingerprint density at radius 2 is 2.08 bits per heavy atom. The van der Waals surface area contributed by atoms with E-state index in [1.54, 1.807) is 38.2 Å². The second-order valence-corrected chi connectivity index (χ2v) is 8.44. The molecular formula is C16H20N2O5S. The Hall–Kier alpha value is -2.09. The molecule has 1 aromatic carbocycles. The van der Waals surface area contributed by atoms with Gasteiger partial charge in [0.15, 0.2) is 15.9 Å². The Morgan fingerprint density at radius 1 is 1.38 bits per heavy atom. The van der Waals surface area contributed by atoms with Crippen LogP contribution < -0.4 is 9.64 Å². The van der Waals surface area contributed by atoms with E-state index in [9.17, 15) is 18.0 Å². The number of sulfone groups is 1. The standard InChI is InChI=1S/C16H20N2O5S/c1-11-16(20)18(13-5-3-4-6-14(13)23-11)9-15(19)17(2)12-7-8-24(21,22)10-12/h3-6,11-12H,7-10H2,1-2H3/t11-,12+/m0/s1. The van der Waals surface area contributed by atoms with E-state index in [4.69, 9.17) is 4.74 Å². The van der Waals surface area contributed by atoms with Crippen molar-refractivity contribution in [3.8, 4) is 5.75 Å². The van der Waals surface area contributed by atoms with E-state index in [1.165, 1.54) is 9.80 Å². The summed E-state index contributed by atoms with van der Waals surface area (Å²) in [5, 5.41) is 0. The number of ether oxygens (including phenoxy) is 1. The molecule has 1 saturated heterocycles. The second kappa shape index (κ2) is 6.08. The highest BCUT2D eigenvalue weighted by molar-refractivity contribution is 7.91. The average molecular weight is 352 g/mol. The molecule has 2 aliphatic heterocycles. The van der Waals surface area contributed by atoms with Gasteiger partial charge in [0.25, 0.3) is 5.91 Å². The number of hydrogen-bond donors (Lipinski definition) is 0. The molecule has 2 amide bonds. The lowest BCUT2D eigenvalue weighted by Gasteiger charge is -2.34. The van der Waals surface area contributed by atoms with Crippen LogP contribution in [0, 0.1) is 0 Å². The SMILES string of the molecule is C[C@@H]1Oc2ccccc2N(CC(=O)N(C)[C@@H]2CCS(=O)(=O)C2)C1=O. The molecule has 0 N–H and O–H groups in total. The van der Waals surface area contributed by atoms with Gasteiger partial charge >= 0.3 is 0 Å². The number of hydrogen-bond acceptors (Lipinski definition) is 5. The molecule has 0 bridgehead atoms. The highest BCUT2D eigenvalue weighted by atomic mass is 32.2. The summed E-state index contributed by atoms with van der Waals surface area (Å²) in [5.41, 5.74) is 0.557. The molecular weight excluding hydrogens is 332 g/mol. The van der Waals surface area contributed by atoms with Crippen LogP contribution in [-0.4, -0.2) is 62.4 Å². The first-order valence-corrected chi connectivity index (χ1v) is 9.64. The van der Waals surface area contributed by atoms with E-state index in [-0.39, 0.29) is 35.9 Å². The molecule has 0 radical (unpaired) electrons.